The molecule has 7 fully saturated rings. The van der Waals surface area contributed by atoms with Crippen molar-refractivity contribution >= 4 is 30.1 Å². The molecule has 0 aromatic rings. The van der Waals surface area contributed by atoms with Crippen molar-refractivity contribution in [1.82, 2.24) is 20.4 Å². The summed E-state index contributed by atoms with van der Waals surface area (Å²) in [6, 6.07) is -2.90. The third kappa shape index (κ3) is 5.85. The molecule has 0 aromatic carbocycles. The number of rotatable bonds is 8. The number of carbonyl (C=O) groups excluding carboxylic acids is 5. The molecule has 0 spiro atoms. The molecule has 5 saturated carbocycles. The van der Waals surface area contributed by atoms with E-state index in [0.29, 0.717) is 50.6 Å². The summed E-state index contributed by atoms with van der Waals surface area (Å²) in [7, 11) is 0. The first-order valence-corrected chi connectivity index (χ1v) is 16.8. The van der Waals surface area contributed by atoms with Crippen molar-refractivity contribution in [3.8, 4) is 0 Å². The molecule has 7 aliphatic rings. The Morgan fingerprint density at radius 2 is 1.64 bits per heavy atom. The zero-order chi connectivity index (χ0) is 31.7. The quantitative estimate of drug-likeness (QED) is 0.356. The van der Waals surface area contributed by atoms with Gasteiger partial charge in [0.15, 0.2) is 0 Å². The van der Waals surface area contributed by atoms with Crippen LogP contribution in [-0.2, 0) is 23.9 Å². The highest BCUT2D eigenvalue weighted by Gasteiger charge is 2.60. The highest BCUT2D eigenvalue weighted by Crippen LogP contribution is 2.59. The van der Waals surface area contributed by atoms with E-state index in [-0.39, 0.29) is 47.3 Å². The zero-order valence-electron chi connectivity index (χ0n) is 26.8. The van der Waals surface area contributed by atoms with E-state index < -0.39 is 41.5 Å². The van der Waals surface area contributed by atoms with Gasteiger partial charge in [0.05, 0.1) is 11.6 Å². The molecule has 7 unspecified atom stereocenters. The van der Waals surface area contributed by atoms with Gasteiger partial charge in [0, 0.05) is 13.1 Å². The van der Waals surface area contributed by atoms with E-state index in [1.807, 2.05) is 13.8 Å². The Balaban J connectivity index is 1.22. The average molecular weight is 615 g/mol. The summed E-state index contributed by atoms with van der Waals surface area (Å²) < 4.78 is 5.40. The van der Waals surface area contributed by atoms with Crippen molar-refractivity contribution in [1.29, 1.82) is 0 Å². The normalized spacial score (nSPS) is 38.2. The third-order valence-electron chi connectivity index (χ3n) is 11.3. The first-order valence-electron chi connectivity index (χ1n) is 16.8. The largest absolute Gasteiger partial charge is 0.444 e. The van der Waals surface area contributed by atoms with E-state index in [0.717, 1.165) is 32.0 Å². The summed E-state index contributed by atoms with van der Waals surface area (Å²) in [6.45, 7) is 9.85. The molecule has 44 heavy (non-hydrogen) atoms. The Kier molecular flexibility index (Phi) is 8.02. The van der Waals surface area contributed by atoms with Crippen LogP contribution in [0.5, 0.6) is 0 Å². The van der Waals surface area contributed by atoms with Gasteiger partial charge in [-0.05, 0) is 114 Å². The van der Waals surface area contributed by atoms with Crippen molar-refractivity contribution < 1.29 is 33.8 Å². The van der Waals surface area contributed by atoms with Crippen molar-refractivity contribution in [3.05, 3.63) is 0 Å². The second-order valence-electron chi connectivity index (χ2n) is 16.1. The van der Waals surface area contributed by atoms with Crippen LogP contribution in [0.3, 0.4) is 0 Å². The van der Waals surface area contributed by atoms with Crippen molar-refractivity contribution in [2.75, 3.05) is 13.1 Å². The van der Waals surface area contributed by atoms with Gasteiger partial charge in [-0.3, -0.25) is 14.4 Å². The Labute approximate surface area is 260 Å². The molecule has 2 aliphatic heterocycles. The lowest BCUT2D eigenvalue weighted by Crippen LogP contribution is -2.65. The lowest BCUT2D eigenvalue weighted by atomic mass is 9.49. The van der Waals surface area contributed by atoms with Crippen LogP contribution >= 0.6 is 0 Å². The van der Waals surface area contributed by atoms with Gasteiger partial charge in [-0.1, -0.05) is 13.8 Å². The Morgan fingerprint density at radius 1 is 0.955 bits per heavy atom. The summed E-state index contributed by atoms with van der Waals surface area (Å²) in [4.78, 5) is 70.1. The van der Waals surface area contributed by atoms with Gasteiger partial charge in [0.2, 0.25) is 17.7 Å². The van der Waals surface area contributed by atoms with Crippen LogP contribution in [0.4, 0.5) is 4.79 Å². The molecule has 2 heterocycles. The smallest absolute Gasteiger partial charge is 0.408 e. The van der Waals surface area contributed by atoms with E-state index in [9.17, 15) is 29.1 Å². The summed E-state index contributed by atoms with van der Waals surface area (Å²) in [5, 5.41) is 17.1. The van der Waals surface area contributed by atoms with Crippen molar-refractivity contribution in [3.63, 3.8) is 0 Å². The van der Waals surface area contributed by atoms with Gasteiger partial charge in [0.25, 0.3) is 0 Å². The maximum atomic E-state index is 14.3. The summed E-state index contributed by atoms with van der Waals surface area (Å²) >= 11 is 0. The molecule has 5 aliphatic carbocycles. The minimum Gasteiger partial charge on any atom is -0.444 e. The summed E-state index contributed by atoms with van der Waals surface area (Å²) in [5.41, 5.74) is -1.41. The molecule has 0 aromatic heterocycles. The van der Waals surface area contributed by atoms with Crippen molar-refractivity contribution in [2.45, 2.75) is 121 Å². The number of piperidine rings is 1. The lowest BCUT2D eigenvalue weighted by Gasteiger charge is -2.59. The fraction of sp³-hybridized carbons (Fsp3) is 0.848. The maximum Gasteiger partial charge on any atom is 0.408 e. The topological polar surface area (TPSA) is 145 Å². The molecular weight excluding hydrogens is 564 g/mol. The molecule has 11 heteroatoms. The molecule has 0 radical (unpaired) electrons. The van der Waals surface area contributed by atoms with E-state index in [1.165, 1.54) is 4.90 Å². The van der Waals surface area contributed by atoms with Gasteiger partial charge in [-0.15, -0.1) is 0 Å². The number of nitrogens with one attached hydrogen (secondary N) is 2. The predicted molar refractivity (Wildman–Crippen MR) is 160 cm³/mol. The number of aliphatic hydroxyl groups is 1. The minimum absolute atomic E-state index is 0.115. The van der Waals surface area contributed by atoms with Gasteiger partial charge in [0.1, 0.15) is 30.0 Å². The number of aldehydes is 1. The summed E-state index contributed by atoms with van der Waals surface area (Å²) in [5.74, 6) is -0.0279. The van der Waals surface area contributed by atoms with Crippen molar-refractivity contribution in [2.24, 2.45) is 41.4 Å². The zero-order valence-corrected chi connectivity index (χ0v) is 26.8. The van der Waals surface area contributed by atoms with Crippen LogP contribution in [0.1, 0.15) is 86.0 Å². The predicted octanol–water partition coefficient (Wildman–Crippen LogP) is 2.24. The molecule has 244 valence electrons. The SMILES string of the molecule is CC(C)[C@@H](NC(=O)OC(C)(C)C)C(=O)N1CCCC1C(=O)NC(C(=O)N1CC2CC2C1C=O)C1C2CC3CC1CC(O)(C3)C2. The van der Waals surface area contributed by atoms with E-state index in [4.69, 9.17) is 4.74 Å². The maximum absolute atomic E-state index is 14.3. The number of alkyl carbamates (subject to hydrolysis) is 1. The Hall–Kier alpha value is -2.69. The highest BCUT2D eigenvalue weighted by atomic mass is 16.6. The molecular formula is C33H50N4O7. The molecule has 2 saturated heterocycles. The Morgan fingerprint density at radius 3 is 2.23 bits per heavy atom. The first-order chi connectivity index (χ1) is 20.7. The van der Waals surface area contributed by atoms with Crippen LogP contribution < -0.4 is 10.6 Å². The standard InChI is InChI=1S/C33H50N4O7/c1-17(2)26(35-31(42)44-32(3,4)5)29(40)36-8-6-7-23(36)28(39)34-27(30(41)37-15-21-11-22(21)24(37)16-38)25-19-9-18-10-20(25)14-33(43,12-18)13-19/h16-27,43H,6-15H2,1-5H3,(H,34,39)(H,35,42)/t18?,19?,20?,21?,22?,23?,24?,25?,26-,27?,33?/m1/s1. The van der Waals surface area contributed by atoms with E-state index in [1.54, 1.807) is 25.7 Å². The monoisotopic (exact) mass is 614 g/mol. The Bertz CT molecular complexity index is 1180. The fourth-order valence-electron chi connectivity index (χ4n) is 9.66. The second-order valence-corrected chi connectivity index (χ2v) is 16.1. The second kappa shape index (κ2) is 11.3. The van der Waals surface area contributed by atoms with Crippen LogP contribution in [-0.4, -0.2) is 93.5 Å². The molecule has 7 rings (SSSR count). The number of hydrogen-bond donors (Lipinski definition) is 3. The highest BCUT2D eigenvalue weighted by molar-refractivity contribution is 5.95. The van der Waals surface area contributed by atoms with Crippen LogP contribution in [0.25, 0.3) is 0 Å². The molecule has 4 bridgehead atoms. The third-order valence-corrected chi connectivity index (χ3v) is 11.3. The van der Waals surface area contributed by atoms with E-state index >= 15 is 0 Å². The van der Waals surface area contributed by atoms with Gasteiger partial charge >= 0.3 is 6.09 Å². The van der Waals surface area contributed by atoms with Crippen LogP contribution in [0.2, 0.25) is 0 Å². The van der Waals surface area contributed by atoms with E-state index in [2.05, 4.69) is 10.6 Å². The molecule has 11 nitrogen and oxygen atoms in total. The number of fused-ring (bicyclic) bond motifs is 1. The fourth-order valence-corrected chi connectivity index (χ4v) is 9.66. The van der Waals surface area contributed by atoms with Gasteiger partial charge in [-0.25, -0.2) is 4.79 Å². The first kappa shape index (κ1) is 31.3. The van der Waals surface area contributed by atoms with Gasteiger partial charge in [-0.2, -0.15) is 0 Å². The number of likely N-dealkylation sites (tertiary alicyclic amines) is 2. The van der Waals surface area contributed by atoms with Crippen LogP contribution in [0.15, 0.2) is 0 Å². The van der Waals surface area contributed by atoms with Crippen LogP contribution in [0, 0.1) is 41.4 Å². The molecule has 3 N–H and O–H groups in total. The van der Waals surface area contributed by atoms with Gasteiger partial charge < -0.3 is 35.1 Å². The lowest BCUT2D eigenvalue weighted by molar-refractivity contribution is -0.169. The average Bonchev–Trinajstić information content (AvgIpc) is 3.33. The number of nitrogens with zero attached hydrogens (tertiary/aromatic N) is 2. The number of carbonyl (C=O) groups is 5. The summed E-state index contributed by atoms with van der Waals surface area (Å²) in [6.07, 6.45) is 6.20. The minimum atomic E-state index is -0.870. The number of ether oxygens (including phenoxy) is 1. The molecule has 8 atom stereocenters. The number of amides is 4. The number of hydrogen-bond acceptors (Lipinski definition) is 7. The molecule has 4 amide bonds.